The highest BCUT2D eigenvalue weighted by Crippen LogP contribution is 2.27. The minimum atomic E-state index is -0.0254. The second-order valence-electron chi connectivity index (χ2n) is 6.88. The quantitative estimate of drug-likeness (QED) is 0.650. The number of aryl methyl sites for hydroxylation is 1. The molecule has 146 valence electrons. The average Bonchev–Trinajstić information content (AvgIpc) is 3.10. The summed E-state index contributed by atoms with van der Waals surface area (Å²) in [5, 5.41) is 4.29. The third kappa shape index (κ3) is 5.08. The van der Waals surface area contributed by atoms with Crippen molar-refractivity contribution in [2.45, 2.75) is 19.4 Å². The summed E-state index contributed by atoms with van der Waals surface area (Å²) in [7, 11) is 0. The van der Waals surface area contributed by atoms with Gasteiger partial charge in [0.15, 0.2) is 5.13 Å². The van der Waals surface area contributed by atoms with Crippen LogP contribution in [0.1, 0.15) is 17.5 Å². The number of halogens is 1. The number of carbonyl (C=O) groups is 1. The molecule has 0 bridgehead atoms. The topological polar surface area (TPSA) is 54.5 Å². The van der Waals surface area contributed by atoms with Gasteiger partial charge in [-0.05, 0) is 41.8 Å². The zero-order valence-corrected chi connectivity index (χ0v) is 17.1. The maximum absolute atomic E-state index is 12.3. The van der Waals surface area contributed by atoms with Crippen LogP contribution in [0.2, 0.25) is 5.02 Å². The maximum Gasteiger partial charge on any atom is 0.226 e. The van der Waals surface area contributed by atoms with Crippen molar-refractivity contribution < 1.29 is 9.53 Å². The first-order chi connectivity index (χ1) is 13.7. The first-order valence-electron chi connectivity index (χ1n) is 9.39. The molecule has 0 saturated carbocycles. The molecule has 3 aromatic rings. The number of nitrogens with one attached hydrogen (secondary N) is 1. The summed E-state index contributed by atoms with van der Waals surface area (Å²) in [5.74, 6) is -0.0254. The zero-order valence-electron chi connectivity index (χ0n) is 15.5. The van der Waals surface area contributed by atoms with Gasteiger partial charge in [0.1, 0.15) is 0 Å². The molecular formula is C21H22ClN3O2S. The molecule has 5 nitrogen and oxygen atoms in total. The van der Waals surface area contributed by atoms with E-state index in [4.69, 9.17) is 16.3 Å². The van der Waals surface area contributed by atoms with Crippen molar-refractivity contribution in [1.29, 1.82) is 0 Å². The Morgan fingerprint density at radius 3 is 2.68 bits per heavy atom. The maximum atomic E-state index is 12.3. The molecule has 1 N–H and O–H groups in total. The van der Waals surface area contributed by atoms with Gasteiger partial charge >= 0.3 is 0 Å². The van der Waals surface area contributed by atoms with Crippen LogP contribution < -0.4 is 5.32 Å². The predicted octanol–water partition coefficient (Wildman–Crippen LogP) is 4.35. The van der Waals surface area contributed by atoms with Crippen molar-refractivity contribution in [3.05, 3.63) is 58.6 Å². The van der Waals surface area contributed by atoms with Crippen molar-refractivity contribution >= 4 is 44.2 Å². The fourth-order valence-electron chi connectivity index (χ4n) is 3.23. The van der Waals surface area contributed by atoms with Crippen molar-refractivity contribution in [1.82, 2.24) is 9.88 Å². The minimum absolute atomic E-state index is 0.0254. The van der Waals surface area contributed by atoms with Crippen molar-refractivity contribution in [2.75, 3.05) is 31.6 Å². The number of ether oxygens (including phenoxy) is 1. The second kappa shape index (κ2) is 9.01. The Balaban J connectivity index is 1.35. The lowest BCUT2D eigenvalue weighted by Gasteiger charge is -2.26. The summed E-state index contributed by atoms with van der Waals surface area (Å²) in [6, 6.07) is 13.9. The standard InChI is InChI=1S/C21H22ClN3O2S/c22-17-5-1-15(2-6-17)4-8-20(26)24-21-23-18-7-3-16(13-19(18)28-21)14-25-9-11-27-12-10-25/h1-3,5-7,13H,4,8-12,14H2,(H,23,24,26). The molecule has 0 atom stereocenters. The van der Waals surface area contributed by atoms with E-state index in [1.165, 1.54) is 16.9 Å². The molecule has 1 aromatic heterocycles. The zero-order chi connectivity index (χ0) is 19.3. The summed E-state index contributed by atoms with van der Waals surface area (Å²) in [6.07, 6.45) is 1.09. The van der Waals surface area contributed by atoms with E-state index in [9.17, 15) is 4.79 Å². The van der Waals surface area contributed by atoms with Crippen LogP contribution in [-0.4, -0.2) is 42.1 Å². The van der Waals surface area contributed by atoms with Crippen LogP contribution in [0.4, 0.5) is 5.13 Å². The number of benzene rings is 2. The van der Waals surface area contributed by atoms with Gasteiger partial charge in [-0.1, -0.05) is 41.1 Å². The van der Waals surface area contributed by atoms with Gasteiger partial charge in [-0.25, -0.2) is 4.98 Å². The lowest BCUT2D eigenvalue weighted by Crippen LogP contribution is -2.35. The molecule has 4 rings (SSSR count). The van der Waals surface area contributed by atoms with E-state index < -0.39 is 0 Å². The predicted molar refractivity (Wildman–Crippen MR) is 114 cm³/mol. The summed E-state index contributed by atoms with van der Waals surface area (Å²) in [6.45, 7) is 4.45. The average molecular weight is 416 g/mol. The fraction of sp³-hybridized carbons (Fsp3) is 0.333. The fourth-order valence-corrected chi connectivity index (χ4v) is 4.30. The van der Waals surface area contributed by atoms with Gasteiger partial charge in [-0.2, -0.15) is 0 Å². The van der Waals surface area contributed by atoms with Gasteiger partial charge in [0, 0.05) is 31.1 Å². The van der Waals surface area contributed by atoms with Crippen molar-refractivity contribution in [2.24, 2.45) is 0 Å². The Morgan fingerprint density at radius 2 is 1.89 bits per heavy atom. The van der Waals surface area contributed by atoms with Gasteiger partial charge in [0.2, 0.25) is 5.91 Å². The monoisotopic (exact) mass is 415 g/mol. The molecule has 0 spiro atoms. The molecule has 0 aliphatic carbocycles. The lowest BCUT2D eigenvalue weighted by molar-refractivity contribution is -0.116. The van der Waals surface area contributed by atoms with Crippen LogP contribution in [0.25, 0.3) is 10.2 Å². The molecule has 7 heteroatoms. The number of hydrogen-bond donors (Lipinski definition) is 1. The first kappa shape index (κ1) is 19.3. The molecule has 28 heavy (non-hydrogen) atoms. The normalized spacial score (nSPS) is 15.0. The van der Waals surface area contributed by atoms with Gasteiger partial charge in [-0.15, -0.1) is 0 Å². The largest absolute Gasteiger partial charge is 0.379 e. The molecule has 1 amide bonds. The highest BCUT2D eigenvalue weighted by atomic mass is 35.5. The number of aromatic nitrogens is 1. The Kier molecular flexibility index (Phi) is 6.22. The number of carbonyl (C=O) groups excluding carboxylic acids is 1. The Morgan fingerprint density at radius 1 is 1.14 bits per heavy atom. The summed E-state index contributed by atoms with van der Waals surface area (Å²) in [5.41, 5.74) is 3.28. The molecule has 2 aromatic carbocycles. The summed E-state index contributed by atoms with van der Waals surface area (Å²) >= 11 is 7.41. The number of morpholine rings is 1. The number of nitrogens with zero attached hydrogens (tertiary/aromatic N) is 2. The second-order valence-corrected chi connectivity index (χ2v) is 8.35. The van der Waals surface area contributed by atoms with Crippen LogP contribution in [0.3, 0.4) is 0 Å². The van der Waals surface area contributed by atoms with Crippen LogP contribution in [-0.2, 0) is 22.5 Å². The molecule has 0 radical (unpaired) electrons. The number of hydrogen-bond acceptors (Lipinski definition) is 5. The van der Waals surface area contributed by atoms with E-state index in [0.717, 1.165) is 48.6 Å². The van der Waals surface area contributed by atoms with Gasteiger partial charge < -0.3 is 10.1 Å². The van der Waals surface area contributed by atoms with E-state index in [1.807, 2.05) is 30.3 Å². The third-order valence-electron chi connectivity index (χ3n) is 4.76. The number of thiazole rings is 1. The first-order valence-corrected chi connectivity index (χ1v) is 10.6. The van der Waals surface area contributed by atoms with Gasteiger partial charge in [0.25, 0.3) is 0 Å². The van der Waals surface area contributed by atoms with Gasteiger partial charge in [0.05, 0.1) is 23.4 Å². The Hall–Kier alpha value is -1.99. The molecule has 2 heterocycles. The number of anilines is 1. The SMILES string of the molecule is O=C(CCc1ccc(Cl)cc1)Nc1nc2ccc(CN3CCOCC3)cc2s1. The van der Waals surface area contributed by atoms with Gasteiger partial charge in [-0.3, -0.25) is 9.69 Å². The van der Waals surface area contributed by atoms with Crippen LogP contribution in [0.5, 0.6) is 0 Å². The number of amides is 1. The third-order valence-corrected chi connectivity index (χ3v) is 5.95. The highest BCUT2D eigenvalue weighted by molar-refractivity contribution is 7.22. The molecule has 0 unspecified atom stereocenters. The minimum Gasteiger partial charge on any atom is -0.379 e. The highest BCUT2D eigenvalue weighted by Gasteiger charge is 2.13. The lowest BCUT2D eigenvalue weighted by atomic mass is 10.1. The molecule has 1 saturated heterocycles. The van der Waals surface area contributed by atoms with E-state index >= 15 is 0 Å². The van der Waals surface area contributed by atoms with Crippen LogP contribution in [0.15, 0.2) is 42.5 Å². The Bertz CT molecular complexity index is 952. The number of rotatable bonds is 6. The molecular weight excluding hydrogens is 394 g/mol. The summed E-state index contributed by atoms with van der Waals surface area (Å²) in [4.78, 5) is 19.2. The van der Waals surface area contributed by atoms with E-state index in [2.05, 4.69) is 27.3 Å². The number of fused-ring (bicyclic) bond motifs is 1. The molecule has 1 aliphatic rings. The molecule has 1 fully saturated rings. The van der Waals surface area contributed by atoms with E-state index in [1.54, 1.807) is 0 Å². The molecule has 1 aliphatic heterocycles. The smallest absolute Gasteiger partial charge is 0.226 e. The van der Waals surface area contributed by atoms with E-state index in [0.29, 0.717) is 23.0 Å². The summed E-state index contributed by atoms with van der Waals surface area (Å²) < 4.78 is 6.50. The Labute approximate surface area is 173 Å². The van der Waals surface area contributed by atoms with Crippen LogP contribution in [0, 0.1) is 0 Å². The van der Waals surface area contributed by atoms with Crippen molar-refractivity contribution in [3.8, 4) is 0 Å². The van der Waals surface area contributed by atoms with Crippen molar-refractivity contribution in [3.63, 3.8) is 0 Å². The van der Waals surface area contributed by atoms with Crippen LogP contribution >= 0.6 is 22.9 Å². The van der Waals surface area contributed by atoms with E-state index in [-0.39, 0.29) is 5.91 Å².